The SMILES string of the molecule is NC(=O)n1nccc1CC(=O)N1CCC1. The Hall–Kier alpha value is -1.85. The Balaban J connectivity index is 2.06. The first kappa shape index (κ1) is 9.70. The molecule has 15 heavy (non-hydrogen) atoms. The zero-order valence-electron chi connectivity index (χ0n) is 8.22. The number of amides is 2. The van der Waals surface area contributed by atoms with E-state index in [1.807, 2.05) is 0 Å². The van der Waals surface area contributed by atoms with Crippen molar-refractivity contribution in [2.45, 2.75) is 12.8 Å². The van der Waals surface area contributed by atoms with Crippen molar-refractivity contribution < 1.29 is 9.59 Å². The molecule has 0 saturated carbocycles. The molecule has 0 radical (unpaired) electrons. The molecule has 2 amide bonds. The molecule has 2 rings (SSSR count). The van der Waals surface area contributed by atoms with Crippen LogP contribution in [-0.4, -0.2) is 39.7 Å². The molecule has 0 aromatic carbocycles. The Bertz CT molecular complexity index is 395. The fourth-order valence-corrected chi connectivity index (χ4v) is 1.50. The summed E-state index contributed by atoms with van der Waals surface area (Å²) in [4.78, 5) is 24.3. The number of carbonyl (C=O) groups excluding carboxylic acids is 2. The van der Waals surface area contributed by atoms with Crippen molar-refractivity contribution in [2.75, 3.05) is 13.1 Å². The van der Waals surface area contributed by atoms with E-state index in [1.165, 1.54) is 6.20 Å². The molecule has 1 fully saturated rings. The second-order valence-corrected chi connectivity index (χ2v) is 3.48. The predicted molar refractivity (Wildman–Crippen MR) is 52.1 cm³/mol. The Morgan fingerprint density at radius 1 is 1.47 bits per heavy atom. The molecule has 6 heteroatoms. The maximum atomic E-state index is 11.6. The first-order valence-corrected chi connectivity index (χ1v) is 4.79. The van der Waals surface area contributed by atoms with Gasteiger partial charge in [-0.3, -0.25) is 4.79 Å². The van der Waals surface area contributed by atoms with Crippen LogP contribution in [0.25, 0.3) is 0 Å². The zero-order chi connectivity index (χ0) is 10.8. The highest BCUT2D eigenvalue weighted by Crippen LogP contribution is 2.09. The normalized spacial score (nSPS) is 14.8. The highest BCUT2D eigenvalue weighted by atomic mass is 16.2. The summed E-state index contributed by atoms with van der Waals surface area (Å²) in [6.07, 6.45) is 2.70. The van der Waals surface area contributed by atoms with Crippen LogP contribution in [-0.2, 0) is 11.2 Å². The van der Waals surface area contributed by atoms with Crippen LogP contribution in [0, 0.1) is 0 Å². The summed E-state index contributed by atoms with van der Waals surface area (Å²) in [5.41, 5.74) is 5.64. The van der Waals surface area contributed by atoms with Crippen molar-refractivity contribution in [2.24, 2.45) is 5.73 Å². The van der Waals surface area contributed by atoms with Gasteiger partial charge in [0.15, 0.2) is 0 Å². The van der Waals surface area contributed by atoms with E-state index < -0.39 is 6.03 Å². The van der Waals surface area contributed by atoms with Crippen LogP contribution in [0.3, 0.4) is 0 Å². The number of primary amides is 1. The lowest BCUT2D eigenvalue weighted by atomic mass is 10.2. The smallest absolute Gasteiger partial charge is 0.339 e. The molecule has 2 heterocycles. The third-order valence-electron chi connectivity index (χ3n) is 2.47. The number of nitrogens with two attached hydrogens (primary N) is 1. The molecule has 0 aliphatic carbocycles. The standard InChI is InChI=1S/C9H12N4O2/c10-9(15)13-7(2-3-11-13)6-8(14)12-4-1-5-12/h2-3H,1,4-6H2,(H2,10,15). The van der Waals surface area contributed by atoms with Crippen LogP contribution in [0.4, 0.5) is 4.79 Å². The Labute approximate surface area is 86.6 Å². The lowest BCUT2D eigenvalue weighted by Crippen LogP contribution is -2.43. The molecule has 1 aromatic rings. The van der Waals surface area contributed by atoms with E-state index >= 15 is 0 Å². The molecule has 1 aliphatic heterocycles. The van der Waals surface area contributed by atoms with Gasteiger partial charge in [0.05, 0.1) is 12.1 Å². The average Bonchev–Trinajstić information content (AvgIpc) is 2.48. The van der Waals surface area contributed by atoms with E-state index in [4.69, 9.17) is 5.73 Å². The molecule has 0 unspecified atom stereocenters. The van der Waals surface area contributed by atoms with Crippen molar-refractivity contribution in [3.05, 3.63) is 18.0 Å². The number of nitrogens with zero attached hydrogens (tertiary/aromatic N) is 3. The number of hydrogen-bond donors (Lipinski definition) is 1. The second-order valence-electron chi connectivity index (χ2n) is 3.48. The molecule has 0 spiro atoms. The summed E-state index contributed by atoms with van der Waals surface area (Å²) in [6, 6.07) is 0.967. The van der Waals surface area contributed by atoms with Gasteiger partial charge in [0.25, 0.3) is 0 Å². The van der Waals surface area contributed by atoms with Crippen LogP contribution in [0.5, 0.6) is 0 Å². The number of aromatic nitrogens is 2. The van der Waals surface area contributed by atoms with E-state index in [-0.39, 0.29) is 12.3 Å². The monoisotopic (exact) mass is 208 g/mol. The van der Waals surface area contributed by atoms with Gasteiger partial charge >= 0.3 is 6.03 Å². The Kier molecular flexibility index (Phi) is 2.40. The van der Waals surface area contributed by atoms with Crippen LogP contribution >= 0.6 is 0 Å². The zero-order valence-corrected chi connectivity index (χ0v) is 8.22. The minimum atomic E-state index is -0.661. The molecule has 1 aromatic heterocycles. The summed E-state index contributed by atoms with van der Waals surface area (Å²) in [5, 5.41) is 3.74. The van der Waals surface area contributed by atoms with Gasteiger partial charge in [0.1, 0.15) is 0 Å². The van der Waals surface area contributed by atoms with Crippen molar-refractivity contribution in [3.63, 3.8) is 0 Å². The lowest BCUT2D eigenvalue weighted by molar-refractivity contribution is -0.133. The van der Waals surface area contributed by atoms with Crippen molar-refractivity contribution in [1.29, 1.82) is 0 Å². The quantitative estimate of drug-likeness (QED) is 0.717. The molecule has 1 saturated heterocycles. The maximum absolute atomic E-state index is 11.6. The summed E-state index contributed by atoms with van der Waals surface area (Å²) in [7, 11) is 0. The highest BCUT2D eigenvalue weighted by molar-refractivity contribution is 5.81. The van der Waals surface area contributed by atoms with E-state index in [9.17, 15) is 9.59 Å². The highest BCUT2D eigenvalue weighted by Gasteiger charge is 2.21. The van der Waals surface area contributed by atoms with Crippen LogP contribution in [0.1, 0.15) is 12.1 Å². The third kappa shape index (κ3) is 1.83. The third-order valence-corrected chi connectivity index (χ3v) is 2.47. The van der Waals surface area contributed by atoms with E-state index in [2.05, 4.69) is 5.10 Å². The van der Waals surface area contributed by atoms with Gasteiger partial charge in [-0.1, -0.05) is 0 Å². The van der Waals surface area contributed by atoms with Crippen molar-refractivity contribution in [3.8, 4) is 0 Å². The van der Waals surface area contributed by atoms with Gasteiger partial charge in [-0.2, -0.15) is 9.78 Å². The first-order chi connectivity index (χ1) is 7.18. The lowest BCUT2D eigenvalue weighted by Gasteiger charge is -2.30. The molecular weight excluding hydrogens is 196 g/mol. The molecule has 0 atom stereocenters. The topological polar surface area (TPSA) is 81.2 Å². The van der Waals surface area contributed by atoms with Gasteiger partial charge in [0, 0.05) is 19.3 Å². The fraction of sp³-hybridized carbons (Fsp3) is 0.444. The van der Waals surface area contributed by atoms with Gasteiger partial charge in [-0.05, 0) is 12.5 Å². The molecule has 1 aliphatic rings. The largest absolute Gasteiger partial charge is 0.350 e. The second kappa shape index (κ2) is 3.72. The Morgan fingerprint density at radius 3 is 2.73 bits per heavy atom. The number of rotatable bonds is 2. The summed E-state index contributed by atoms with van der Waals surface area (Å²) in [5.74, 6) is 0.0178. The average molecular weight is 208 g/mol. The molecule has 6 nitrogen and oxygen atoms in total. The van der Waals surface area contributed by atoms with Crippen molar-refractivity contribution in [1.82, 2.24) is 14.7 Å². The minimum Gasteiger partial charge on any atom is -0.350 e. The molecule has 0 bridgehead atoms. The summed E-state index contributed by atoms with van der Waals surface area (Å²) in [6.45, 7) is 1.62. The Morgan fingerprint density at radius 2 is 2.20 bits per heavy atom. The minimum absolute atomic E-state index is 0.0178. The first-order valence-electron chi connectivity index (χ1n) is 4.79. The number of carbonyl (C=O) groups is 2. The van der Waals surface area contributed by atoms with Crippen LogP contribution in [0.2, 0.25) is 0 Å². The van der Waals surface area contributed by atoms with Crippen LogP contribution < -0.4 is 5.73 Å². The molecule has 80 valence electrons. The van der Waals surface area contributed by atoms with Crippen molar-refractivity contribution >= 4 is 11.9 Å². The van der Waals surface area contributed by atoms with Gasteiger partial charge in [0.2, 0.25) is 5.91 Å². The van der Waals surface area contributed by atoms with Gasteiger partial charge in [-0.25, -0.2) is 4.79 Å². The maximum Gasteiger partial charge on any atom is 0.339 e. The number of likely N-dealkylation sites (tertiary alicyclic amines) is 1. The fourth-order valence-electron chi connectivity index (χ4n) is 1.50. The summed E-state index contributed by atoms with van der Waals surface area (Å²) < 4.78 is 1.05. The van der Waals surface area contributed by atoms with E-state index in [0.717, 1.165) is 24.2 Å². The molecule has 2 N–H and O–H groups in total. The van der Waals surface area contributed by atoms with E-state index in [0.29, 0.717) is 5.69 Å². The number of hydrogen-bond acceptors (Lipinski definition) is 3. The van der Waals surface area contributed by atoms with Gasteiger partial charge in [-0.15, -0.1) is 0 Å². The van der Waals surface area contributed by atoms with Crippen LogP contribution in [0.15, 0.2) is 12.3 Å². The predicted octanol–water partition coefficient (Wildman–Crippen LogP) is -0.415. The molecular formula is C9H12N4O2. The summed E-state index contributed by atoms with van der Waals surface area (Å²) >= 11 is 0. The van der Waals surface area contributed by atoms with Gasteiger partial charge < -0.3 is 10.6 Å². The van der Waals surface area contributed by atoms with E-state index in [1.54, 1.807) is 11.0 Å².